The number of hydrogen-bond donors (Lipinski definition) is 1. The SMILES string of the molecule is C=C(C)C(=O)OC(CCN1CCOCC1)=C(C)C(=O)OCCN1CCNC1=O. The molecule has 9 nitrogen and oxygen atoms in total. The fraction of sp³-hybridized carbons (Fsp3) is 0.632. The van der Waals surface area contributed by atoms with Gasteiger partial charge in [0.25, 0.3) is 0 Å². The molecule has 1 N–H and O–H groups in total. The maximum atomic E-state index is 12.4. The van der Waals surface area contributed by atoms with Gasteiger partial charge in [-0.15, -0.1) is 0 Å². The van der Waals surface area contributed by atoms with Crippen LogP contribution < -0.4 is 5.32 Å². The van der Waals surface area contributed by atoms with Gasteiger partial charge in [0.05, 0.1) is 25.3 Å². The van der Waals surface area contributed by atoms with E-state index in [1.54, 1.807) is 18.7 Å². The Kier molecular flexibility index (Phi) is 8.46. The zero-order valence-electron chi connectivity index (χ0n) is 16.6. The molecule has 0 aromatic rings. The molecule has 2 aliphatic heterocycles. The van der Waals surface area contributed by atoms with E-state index < -0.39 is 11.9 Å². The molecule has 2 fully saturated rings. The highest BCUT2D eigenvalue weighted by Crippen LogP contribution is 2.16. The van der Waals surface area contributed by atoms with Gasteiger partial charge in [-0.1, -0.05) is 6.58 Å². The molecule has 0 bridgehead atoms. The second-order valence-corrected chi connectivity index (χ2v) is 6.78. The molecule has 2 aliphatic rings. The summed E-state index contributed by atoms with van der Waals surface area (Å²) in [6.07, 6.45) is 0.397. The van der Waals surface area contributed by atoms with E-state index in [2.05, 4.69) is 16.8 Å². The second-order valence-electron chi connectivity index (χ2n) is 6.78. The van der Waals surface area contributed by atoms with Crippen LogP contribution in [0.4, 0.5) is 4.79 Å². The minimum absolute atomic E-state index is 0.0781. The molecule has 0 aromatic carbocycles. The first-order valence-electron chi connectivity index (χ1n) is 9.46. The predicted octanol–water partition coefficient (Wildman–Crippen LogP) is 0.670. The molecule has 0 spiro atoms. The first-order chi connectivity index (χ1) is 13.4. The van der Waals surface area contributed by atoms with Crippen molar-refractivity contribution in [3.63, 3.8) is 0 Å². The number of esters is 2. The molecular formula is C19H29N3O6. The number of nitrogens with zero attached hydrogens (tertiary/aromatic N) is 2. The third-order valence-corrected chi connectivity index (χ3v) is 4.59. The van der Waals surface area contributed by atoms with E-state index in [1.165, 1.54) is 0 Å². The van der Waals surface area contributed by atoms with Crippen LogP contribution in [-0.4, -0.2) is 86.9 Å². The van der Waals surface area contributed by atoms with Crippen molar-refractivity contribution in [2.24, 2.45) is 0 Å². The second kappa shape index (κ2) is 10.8. The quantitative estimate of drug-likeness (QED) is 0.348. The van der Waals surface area contributed by atoms with Crippen LogP contribution in [0.15, 0.2) is 23.5 Å². The van der Waals surface area contributed by atoms with E-state index in [-0.39, 0.29) is 29.5 Å². The molecule has 0 aliphatic carbocycles. The monoisotopic (exact) mass is 395 g/mol. The Bertz CT molecular complexity index is 640. The number of amides is 2. The highest BCUT2D eigenvalue weighted by molar-refractivity contribution is 5.91. The van der Waals surface area contributed by atoms with E-state index in [0.717, 1.165) is 13.1 Å². The van der Waals surface area contributed by atoms with Crippen molar-refractivity contribution in [2.45, 2.75) is 20.3 Å². The number of ether oxygens (including phenoxy) is 3. The van der Waals surface area contributed by atoms with E-state index in [1.807, 2.05) is 0 Å². The fourth-order valence-electron chi connectivity index (χ4n) is 2.79. The van der Waals surface area contributed by atoms with E-state index in [4.69, 9.17) is 14.2 Å². The molecule has 0 aromatic heterocycles. The van der Waals surface area contributed by atoms with E-state index >= 15 is 0 Å². The molecule has 2 saturated heterocycles. The summed E-state index contributed by atoms with van der Waals surface area (Å²) < 4.78 is 16.0. The van der Waals surface area contributed by atoms with Crippen molar-refractivity contribution in [3.8, 4) is 0 Å². The van der Waals surface area contributed by atoms with Crippen molar-refractivity contribution in [2.75, 3.05) is 59.1 Å². The van der Waals surface area contributed by atoms with Gasteiger partial charge in [-0.05, 0) is 13.8 Å². The lowest BCUT2D eigenvalue weighted by Crippen LogP contribution is -2.37. The highest BCUT2D eigenvalue weighted by atomic mass is 16.5. The number of hydrogen-bond acceptors (Lipinski definition) is 7. The molecule has 2 rings (SSSR count). The van der Waals surface area contributed by atoms with Crippen molar-refractivity contribution in [1.82, 2.24) is 15.1 Å². The number of morpholine rings is 1. The average molecular weight is 395 g/mol. The molecular weight excluding hydrogens is 366 g/mol. The number of carbonyl (C=O) groups is 3. The molecule has 0 saturated carbocycles. The first-order valence-corrected chi connectivity index (χ1v) is 9.46. The van der Waals surface area contributed by atoms with Crippen LogP contribution in [0.25, 0.3) is 0 Å². The Labute approximate surface area is 165 Å². The third kappa shape index (κ3) is 6.65. The summed E-state index contributed by atoms with van der Waals surface area (Å²) in [6.45, 7) is 11.8. The average Bonchev–Trinajstić information content (AvgIpc) is 3.09. The van der Waals surface area contributed by atoms with Gasteiger partial charge >= 0.3 is 18.0 Å². The lowest BCUT2D eigenvalue weighted by molar-refractivity contribution is -0.140. The summed E-state index contributed by atoms with van der Waals surface area (Å²) in [4.78, 5) is 39.6. The minimum Gasteiger partial charge on any atom is -0.460 e. The van der Waals surface area contributed by atoms with E-state index in [0.29, 0.717) is 45.8 Å². The zero-order chi connectivity index (χ0) is 20.5. The Morgan fingerprint density at radius 3 is 2.46 bits per heavy atom. The summed E-state index contributed by atoms with van der Waals surface area (Å²) in [5, 5.41) is 2.69. The van der Waals surface area contributed by atoms with Gasteiger partial charge < -0.3 is 24.4 Å². The van der Waals surface area contributed by atoms with Gasteiger partial charge in [-0.25, -0.2) is 14.4 Å². The third-order valence-electron chi connectivity index (χ3n) is 4.59. The van der Waals surface area contributed by atoms with Gasteiger partial charge in [-0.2, -0.15) is 0 Å². The van der Waals surface area contributed by atoms with Crippen LogP contribution in [0.1, 0.15) is 20.3 Å². The largest absolute Gasteiger partial charge is 0.460 e. The van der Waals surface area contributed by atoms with Crippen molar-refractivity contribution in [3.05, 3.63) is 23.5 Å². The predicted molar refractivity (Wildman–Crippen MR) is 101 cm³/mol. The molecule has 9 heteroatoms. The number of urea groups is 1. The maximum absolute atomic E-state index is 12.4. The smallest absolute Gasteiger partial charge is 0.338 e. The molecule has 0 unspecified atom stereocenters. The van der Waals surface area contributed by atoms with Gasteiger partial charge in [0.15, 0.2) is 0 Å². The summed E-state index contributed by atoms with van der Waals surface area (Å²) in [6, 6.07) is -0.162. The summed E-state index contributed by atoms with van der Waals surface area (Å²) >= 11 is 0. The fourth-order valence-corrected chi connectivity index (χ4v) is 2.79. The molecule has 28 heavy (non-hydrogen) atoms. The lowest BCUT2D eigenvalue weighted by Gasteiger charge is -2.27. The number of nitrogens with one attached hydrogen (secondary N) is 1. The van der Waals surface area contributed by atoms with Gasteiger partial charge in [0.2, 0.25) is 0 Å². The summed E-state index contributed by atoms with van der Waals surface area (Å²) in [5.74, 6) is -0.854. The normalized spacial score (nSPS) is 18.4. The van der Waals surface area contributed by atoms with Crippen LogP contribution in [-0.2, 0) is 23.8 Å². The first kappa shape index (κ1) is 21.9. The Morgan fingerprint density at radius 1 is 1.14 bits per heavy atom. The molecule has 2 heterocycles. The molecule has 0 radical (unpaired) electrons. The molecule has 2 amide bonds. The van der Waals surface area contributed by atoms with Crippen LogP contribution >= 0.6 is 0 Å². The summed E-state index contributed by atoms with van der Waals surface area (Å²) in [5.41, 5.74) is 0.499. The summed E-state index contributed by atoms with van der Waals surface area (Å²) in [7, 11) is 0. The zero-order valence-corrected chi connectivity index (χ0v) is 16.6. The highest BCUT2D eigenvalue weighted by Gasteiger charge is 2.22. The van der Waals surface area contributed by atoms with Crippen LogP contribution in [0.3, 0.4) is 0 Å². The number of carbonyl (C=O) groups excluding carboxylic acids is 3. The number of rotatable bonds is 9. The molecule has 0 atom stereocenters. The van der Waals surface area contributed by atoms with Gasteiger partial charge in [0.1, 0.15) is 12.4 Å². The Balaban J connectivity index is 1.94. The van der Waals surface area contributed by atoms with Gasteiger partial charge in [0, 0.05) is 44.7 Å². The van der Waals surface area contributed by atoms with E-state index in [9.17, 15) is 14.4 Å². The Morgan fingerprint density at radius 2 is 1.86 bits per heavy atom. The van der Waals surface area contributed by atoms with Crippen molar-refractivity contribution < 1.29 is 28.6 Å². The van der Waals surface area contributed by atoms with Crippen LogP contribution in [0.5, 0.6) is 0 Å². The maximum Gasteiger partial charge on any atom is 0.338 e. The lowest BCUT2D eigenvalue weighted by atomic mass is 10.2. The van der Waals surface area contributed by atoms with Crippen molar-refractivity contribution in [1.29, 1.82) is 0 Å². The van der Waals surface area contributed by atoms with Crippen LogP contribution in [0.2, 0.25) is 0 Å². The standard InChI is InChI=1S/C19H29N3O6/c1-14(2)17(23)28-16(4-6-21-8-11-26-12-9-21)15(3)18(24)27-13-10-22-7-5-20-19(22)25/h1,4-13H2,2-3H3,(H,20,25). The Hall–Kier alpha value is -2.39. The molecule has 156 valence electrons. The van der Waals surface area contributed by atoms with Crippen LogP contribution in [0, 0.1) is 0 Å². The minimum atomic E-state index is -0.571. The topological polar surface area (TPSA) is 97.4 Å². The van der Waals surface area contributed by atoms with Gasteiger partial charge in [-0.3, -0.25) is 4.90 Å². The van der Waals surface area contributed by atoms with Crippen molar-refractivity contribution >= 4 is 18.0 Å².